The first-order valence-electron chi connectivity index (χ1n) is 6.60. The lowest BCUT2D eigenvalue weighted by molar-refractivity contribution is -0.156. The minimum Gasteiger partial charge on any atom is -0.480 e. The first kappa shape index (κ1) is 11.9. The van der Waals surface area contributed by atoms with Crippen LogP contribution in [0.2, 0.25) is 0 Å². The molecule has 2 saturated carbocycles. The van der Waals surface area contributed by atoms with Crippen molar-refractivity contribution in [2.75, 3.05) is 6.54 Å². The largest absolute Gasteiger partial charge is 0.480 e. The first-order chi connectivity index (χ1) is 7.60. The Balaban J connectivity index is 2.22. The lowest BCUT2D eigenvalue weighted by atomic mass is 9.75. The van der Waals surface area contributed by atoms with Gasteiger partial charge in [-0.05, 0) is 38.1 Å². The molecule has 92 valence electrons. The number of likely N-dealkylation sites (N-methyl/N-ethyl adjacent to an activating group) is 1. The first-order valence-corrected chi connectivity index (χ1v) is 6.60. The second kappa shape index (κ2) is 4.36. The van der Waals surface area contributed by atoms with Crippen molar-refractivity contribution in [3.8, 4) is 0 Å². The highest BCUT2D eigenvalue weighted by Crippen LogP contribution is 2.42. The van der Waals surface area contributed by atoms with Crippen molar-refractivity contribution >= 4 is 5.97 Å². The third kappa shape index (κ3) is 1.97. The fourth-order valence-electron chi connectivity index (χ4n) is 3.40. The summed E-state index contributed by atoms with van der Waals surface area (Å²) in [4.78, 5) is 14.0. The van der Waals surface area contributed by atoms with Crippen LogP contribution in [-0.2, 0) is 4.79 Å². The SMILES string of the molecule is CCN(C1CC1)C1(C(=O)O)CCCC(C)C1. The summed E-state index contributed by atoms with van der Waals surface area (Å²) >= 11 is 0. The molecule has 0 amide bonds. The summed E-state index contributed by atoms with van der Waals surface area (Å²) in [6.45, 7) is 5.17. The molecule has 0 radical (unpaired) electrons. The van der Waals surface area contributed by atoms with E-state index < -0.39 is 11.5 Å². The summed E-state index contributed by atoms with van der Waals surface area (Å²) in [5, 5.41) is 9.64. The van der Waals surface area contributed by atoms with E-state index in [9.17, 15) is 9.90 Å². The zero-order valence-corrected chi connectivity index (χ0v) is 10.4. The highest BCUT2D eigenvalue weighted by Gasteiger charge is 2.50. The van der Waals surface area contributed by atoms with Gasteiger partial charge in [0.25, 0.3) is 0 Å². The Morgan fingerprint density at radius 2 is 2.12 bits per heavy atom. The minimum absolute atomic E-state index is 0.548. The van der Waals surface area contributed by atoms with Crippen LogP contribution in [0.25, 0.3) is 0 Å². The molecule has 2 aliphatic carbocycles. The molecule has 1 N–H and O–H groups in total. The average Bonchev–Trinajstić information content (AvgIpc) is 3.03. The van der Waals surface area contributed by atoms with E-state index in [1.165, 1.54) is 19.3 Å². The molecule has 0 saturated heterocycles. The monoisotopic (exact) mass is 225 g/mol. The molecule has 0 aromatic carbocycles. The number of carboxylic acid groups (broad SMARTS) is 1. The predicted octanol–water partition coefficient (Wildman–Crippen LogP) is 2.50. The van der Waals surface area contributed by atoms with Crippen molar-refractivity contribution < 1.29 is 9.90 Å². The molecule has 2 atom stereocenters. The van der Waals surface area contributed by atoms with Gasteiger partial charge in [0.1, 0.15) is 5.54 Å². The van der Waals surface area contributed by atoms with E-state index in [1.54, 1.807) is 0 Å². The van der Waals surface area contributed by atoms with Crippen LogP contribution in [0.5, 0.6) is 0 Å². The number of hydrogen-bond acceptors (Lipinski definition) is 2. The van der Waals surface area contributed by atoms with E-state index in [1.807, 2.05) is 0 Å². The van der Waals surface area contributed by atoms with Crippen LogP contribution in [0.3, 0.4) is 0 Å². The Bertz CT molecular complexity index is 275. The number of rotatable bonds is 4. The second-order valence-corrected chi connectivity index (χ2v) is 5.56. The number of nitrogens with zero attached hydrogens (tertiary/aromatic N) is 1. The summed E-state index contributed by atoms with van der Waals surface area (Å²) < 4.78 is 0. The molecule has 2 fully saturated rings. The quantitative estimate of drug-likeness (QED) is 0.799. The fourth-order valence-corrected chi connectivity index (χ4v) is 3.40. The predicted molar refractivity (Wildman–Crippen MR) is 63.4 cm³/mol. The molecule has 3 heteroatoms. The van der Waals surface area contributed by atoms with Crippen molar-refractivity contribution in [2.45, 2.75) is 64.0 Å². The van der Waals surface area contributed by atoms with Crippen LogP contribution in [0.4, 0.5) is 0 Å². The molecule has 0 spiro atoms. The normalized spacial score (nSPS) is 35.3. The van der Waals surface area contributed by atoms with Crippen molar-refractivity contribution in [1.82, 2.24) is 4.90 Å². The Morgan fingerprint density at radius 3 is 2.56 bits per heavy atom. The van der Waals surface area contributed by atoms with E-state index in [0.29, 0.717) is 12.0 Å². The molecule has 16 heavy (non-hydrogen) atoms. The third-order valence-corrected chi connectivity index (χ3v) is 4.25. The van der Waals surface area contributed by atoms with E-state index in [0.717, 1.165) is 25.8 Å². The fraction of sp³-hybridized carbons (Fsp3) is 0.923. The summed E-state index contributed by atoms with van der Waals surface area (Å²) in [6, 6.07) is 0.548. The van der Waals surface area contributed by atoms with Crippen molar-refractivity contribution in [3.63, 3.8) is 0 Å². The number of carbonyl (C=O) groups is 1. The topological polar surface area (TPSA) is 40.5 Å². The summed E-state index contributed by atoms with van der Waals surface area (Å²) in [5.74, 6) is -0.0366. The van der Waals surface area contributed by atoms with Crippen LogP contribution in [0, 0.1) is 5.92 Å². The molecule has 3 nitrogen and oxygen atoms in total. The van der Waals surface area contributed by atoms with Gasteiger partial charge >= 0.3 is 5.97 Å². The maximum Gasteiger partial charge on any atom is 0.324 e. The van der Waals surface area contributed by atoms with Gasteiger partial charge < -0.3 is 5.11 Å². The van der Waals surface area contributed by atoms with Gasteiger partial charge in [-0.3, -0.25) is 9.69 Å². The van der Waals surface area contributed by atoms with Gasteiger partial charge in [0.05, 0.1) is 0 Å². The standard InChI is InChI=1S/C13H23NO2/c1-3-14(11-6-7-11)13(12(15)16)8-4-5-10(2)9-13/h10-11H,3-9H2,1-2H3,(H,15,16). The third-order valence-electron chi connectivity index (χ3n) is 4.25. The Kier molecular flexibility index (Phi) is 3.24. The Morgan fingerprint density at radius 1 is 1.44 bits per heavy atom. The highest BCUT2D eigenvalue weighted by atomic mass is 16.4. The summed E-state index contributed by atoms with van der Waals surface area (Å²) in [5.41, 5.74) is -0.548. The summed E-state index contributed by atoms with van der Waals surface area (Å²) in [6.07, 6.45) is 6.33. The molecule has 2 unspecified atom stereocenters. The molecule has 0 aromatic heterocycles. The lowest BCUT2D eigenvalue weighted by Gasteiger charge is -2.45. The summed E-state index contributed by atoms with van der Waals surface area (Å²) in [7, 11) is 0. The molecular weight excluding hydrogens is 202 g/mol. The highest BCUT2D eigenvalue weighted by molar-refractivity contribution is 5.79. The van der Waals surface area contributed by atoms with Crippen LogP contribution in [-0.4, -0.2) is 34.1 Å². The second-order valence-electron chi connectivity index (χ2n) is 5.56. The minimum atomic E-state index is -0.590. The molecule has 2 rings (SSSR count). The van der Waals surface area contributed by atoms with Crippen LogP contribution < -0.4 is 0 Å². The number of carboxylic acids is 1. The van der Waals surface area contributed by atoms with Gasteiger partial charge in [0.15, 0.2) is 0 Å². The molecule has 0 bridgehead atoms. The molecule has 0 aromatic rings. The lowest BCUT2D eigenvalue weighted by Crippen LogP contribution is -2.57. The molecule has 0 heterocycles. The van der Waals surface area contributed by atoms with Crippen molar-refractivity contribution in [3.05, 3.63) is 0 Å². The van der Waals surface area contributed by atoms with Crippen molar-refractivity contribution in [1.29, 1.82) is 0 Å². The number of aliphatic carboxylic acids is 1. The van der Waals surface area contributed by atoms with E-state index >= 15 is 0 Å². The van der Waals surface area contributed by atoms with Gasteiger partial charge in [-0.2, -0.15) is 0 Å². The zero-order chi connectivity index (χ0) is 11.8. The maximum absolute atomic E-state index is 11.7. The van der Waals surface area contributed by atoms with E-state index in [-0.39, 0.29) is 0 Å². The van der Waals surface area contributed by atoms with Crippen molar-refractivity contribution in [2.24, 2.45) is 5.92 Å². The maximum atomic E-state index is 11.7. The Labute approximate surface area is 97.8 Å². The van der Waals surface area contributed by atoms with E-state index in [2.05, 4.69) is 18.7 Å². The smallest absolute Gasteiger partial charge is 0.324 e. The van der Waals surface area contributed by atoms with Gasteiger partial charge in [-0.25, -0.2) is 0 Å². The van der Waals surface area contributed by atoms with Crippen LogP contribution in [0.1, 0.15) is 52.4 Å². The molecule has 2 aliphatic rings. The number of hydrogen-bond donors (Lipinski definition) is 1. The van der Waals surface area contributed by atoms with Gasteiger partial charge in [0, 0.05) is 6.04 Å². The average molecular weight is 225 g/mol. The van der Waals surface area contributed by atoms with E-state index in [4.69, 9.17) is 0 Å². The van der Waals surface area contributed by atoms with Gasteiger partial charge in [0.2, 0.25) is 0 Å². The zero-order valence-electron chi connectivity index (χ0n) is 10.4. The van der Waals surface area contributed by atoms with Crippen LogP contribution in [0.15, 0.2) is 0 Å². The van der Waals surface area contributed by atoms with Crippen LogP contribution >= 0.6 is 0 Å². The van der Waals surface area contributed by atoms with Gasteiger partial charge in [-0.15, -0.1) is 0 Å². The molecular formula is C13H23NO2. The van der Waals surface area contributed by atoms with Gasteiger partial charge in [-0.1, -0.05) is 26.7 Å². The Hall–Kier alpha value is -0.570. The molecule has 0 aliphatic heterocycles.